The summed E-state index contributed by atoms with van der Waals surface area (Å²) in [5.74, 6) is -8.23. The van der Waals surface area contributed by atoms with Crippen molar-refractivity contribution in [2.24, 2.45) is 33.3 Å². The molecule has 0 spiro atoms. The lowest BCUT2D eigenvalue weighted by molar-refractivity contribution is -0.525. The van der Waals surface area contributed by atoms with Crippen molar-refractivity contribution in [3.63, 3.8) is 0 Å². The van der Waals surface area contributed by atoms with Crippen LogP contribution in [0.25, 0.3) is 0 Å². The highest BCUT2D eigenvalue weighted by Gasteiger charge is 2.42. The van der Waals surface area contributed by atoms with Crippen LogP contribution >= 0.6 is 0 Å². The maximum atomic E-state index is 14.1. The molecule has 68 heavy (non-hydrogen) atoms. The molecule has 2 aromatic rings. The van der Waals surface area contributed by atoms with Crippen LogP contribution in [0.1, 0.15) is 86.9 Å². The maximum absolute atomic E-state index is 14.1. The van der Waals surface area contributed by atoms with Gasteiger partial charge in [-0.1, -0.05) is 74.9 Å². The van der Waals surface area contributed by atoms with Gasteiger partial charge in [-0.3, -0.25) is 48.2 Å². The molecule has 0 radical (unpaired) electrons. The molecule has 2 aromatic carbocycles. The van der Waals surface area contributed by atoms with Crippen molar-refractivity contribution in [1.82, 2.24) is 41.9 Å². The average Bonchev–Trinajstić information content (AvgIpc) is 3.27. The summed E-state index contributed by atoms with van der Waals surface area (Å²) in [5, 5.41) is 30.0. The molecule has 1 aliphatic rings. The van der Waals surface area contributed by atoms with E-state index in [4.69, 9.17) is 11.5 Å². The number of hydrazine groups is 2. The van der Waals surface area contributed by atoms with E-state index in [0.29, 0.717) is 9.80 Å². The van der Waals surface area contributed by atoms with Gasteiger partial charge in [0.2, 0.25) is 23.6 Å². The van der Waals surface area contributed by atoms with Gasteiger partial charge in [0.1, 0.15) is 37.3 Å². The second-order valence-electron chi connectivity index (χ2n) is 16.4. The average molecular weight is 951 g/mol. The molecule has 0 bridgehead atoms. The number of aliphatic imine (C=N–C) groups is 2. The first-order valence-corrected chi connectivity index (χ1v) is 21.6. The Balaban J connectivity index is 1.80. The van der Waals surface area contributed by atoms with Crippen LogP contribution in [0.3, 0.4) is 0 Å². The Hall–Kier alpha value is -8.06. The van der Waals surface area contributed by atoms with E-state index in [2.05, 4.69) is 31.3 Å². The third kappa shape index (κ3) is 18.1. The lowest BCUT2D eigenvalue weighted by Gasteiger charge is -2.36. The Morgan fingerprint density at radius 1 is 0.588 bits per heavy atom. The third-order valence-electron chi connectivity index (χ3n) is 9.96. The molecule has 0 aromatic heterocycles. The van der Waals surface area contributed by atoms with Gasteiger partial charge in [-0.2, -0.15) is 0 Å². The van der Waals surface area contributed by atoms with Crippen molar-refractivity contribution in [3.8, 4) is 0 Å². The first-order chi connectivity index (χ1) is 32.2. The minimum Gasteiger partial charge on any atom is -0.365 e. The van der Waals surface area contributed by atoms with E-state index in [9.17, 15) is 58.6 Å². The summed E-state index contributed by atoms with van der Waals surface area (Å²) in [6.07, 6.45) is 0.0210. The lowest BCUT2D eigenvalue weighted by Crippen LogP contribution is -2.64. The largest absolute Gasteiger partial charge is 0.365 e. The van der Waals surface area contributed by atoms with Gasteiger partial charge in [-0.15, -0.1) is 0 Å². The molecule has 10 N–H and O–H groups in total. The number of imide groups is 2. The predicted molar refractivity (Wildman–Crippen MR) is 243 cm³/mol. The van der Waals surface area contributed by atoms with Gasteiger partial charge in [0.05, 0.1) is 0 Å². The molecule has 0 unspecified atom stereocenters. The highest BCUT2D eigenvalue weighted by Crippen LogP contribution is 2.17. The van der Waals surface area contributed by atoms with Crippen LogP contribution in [0.4, 0.5) is 0 Å². The summed E-state index contributed by atoms with van der Waals surface area (Å²) in [5.41, 5.74) is 14.8. The zero-order chi connectivity index (χ0) is 50.5. The fourth-order valence-electron chi connectivity index (χ4n) is 6.77. The van der Waals surface area contributed by atoms with E-state index in [-0.39, 0.29) is 74.6 Å². The molecule has 4 atom stereocenters. The van der Waals surface area contributed by atoms with Crippen LogP contribution < -0.4 is 43.6 Å². The normalized spacial score (nSPS) is 14.9. The summed E-state index contributed by atoms with van der Waals surface area (Å²) in [7, 11) is 0. The van der Waals surface area contributed by atoms with Gasteiger partial charge < -0.3 is 32.7 Å². The maximum Gasteiger partial charge on any atom is 0.252 e. The molecule has 0 aliphatic carbocycles. The number of hydrogen-bond acceptors (Lipinski definition) is 14. The minimum atomic E-state index is -1.39. The topological polar surface area (TPSA) is 378 Å². The molecule has 26 nitrogen and oxygen atoms in total. The zero-order valence-electron chi connectivity index (χ0n) is 38.0. The van der Waals surface area contributed by atoms with Crippen molar-refractivity contribution < 1.29 is 48.4 Å². The molecule has 0 saturated carbocycles. The van der Waals surface area contributed by atoms with E-state index in [1.54, 1.807) is 74.9 Å². The molecular formula is C42H58N14O12. The summed E-state index contributed by atoms with van der Waals surface area (Å²) in [6.45, 7) is 5.01. The Kier molecular flexibility index (Phi) is 21.4. The molecular weight excluding hydrogens is 893 g/mol. The number of carbonyl (C=O) groups excluding carboxylic acids is 8. The summed E-state index contributed by atoms with van der Waals surface area (Å²) < 4.78 is 0. The summed E-state index contributed by atoms with van der Waals surface area (Å²) in [4.78, 5) is 140. The molecule has 1 heterocycles. The smallest absolute Gasteiger partial charge is 0.252 e. The number of hydrogen-bond donors (Lipinski definition) is 8. The third-order valence-corrected chi connectivity index (χ3v) is 9.96. The minimum absolute atomic E-state index is 0.0160. The van der Waals surface area contributed by atoms with E-state index in [1.807, 2.05) is 0 Å². The number of guanidine groups is 2. The molecule has 368 valence electrons. The Morgan fingerprint density at radius 3 is 1.24 bits per heavy atom. The Morgan fingerprint density at radius 2 is 0.926 bits per heavy atom. The molecule has 8 amide bonds. The number of nitro groups is 2. The van der Waals surface area contributed by atoms with Crippen LogP contribution in [-0.4, -0.2) is 129 Å². The highest BCUT2D eigenvalue weighted by atomic mass is 16.7. The van der Waals surface area contributed by atoms with E-state index < -0.39 is 106 Å². The van der Waals surface area contributed by atoms with Gasteiger partial charge in [-0.05, 0) is 74.6 Å². The number of nitrogens with one attached hydrogen (secondary N) is 6. The summed E-state index contributed by atoms with van der Waals surface area (Å²) >= 11 is 0. The number of piperazine rings is 1. The van der Waals surface area contributed by atoms with Crippen molar-refractivity contribution in [2.45, 2.75) is 90.4 Å². The van der Waals surface area contributed by atoms with Gasteiger partial charge in [0.15, 0.2) is 10.1 Å². The van der Waals surface area contributed by atoms with Crippen molar-refractivity contribution >= 4 is 59.2 Å². The van der Waals surface area contributed by atoms with Gasteiger partial charge in [0, 0.05) is 24.2 Å². The van der Waals surface area contributed by atoms with Gasteiger partial charge >= 0.3 is 0 Å². The van der Waals surface area contributed by atoms with Crippen molar-refractivity contribution in [2.75, 3.05) is 26.2 Å². The predicted octanol–water partition coefficient (Wildman–Crippen LogP) is -0.878. The number of amides is 8. The van der Waals surface area contributed by atoms with Gasteiger partial charge in [0.25, 0.3) is 35.5 Å². The number of benzene rings is 2. The fraction of sp³-hybridized carbons (Fsp3) is 0.476. The molecule has 1 saturated heterocycles. The number of rotatable bonds is 24. The molecule has 1 fully saturated rings. The molecule has 1 aliphatic heterocycles. The molecule has 26 heteroatoms. The quantitative estimate of drug-likeness (QED) is 0.0208. The zero-order valence-corrected chi connectivity index (χ0v) is 38.0. The standard InChI is InChI=1S/C42H58N14O12/c1-25(2)21-31(49-37(61)29(17-11-19-45-41(43)51-55(65)66)47-35(59)27-13-7-5-8-14-27)39(63)53-23-34(58)54(24-33(53)57)40(64)32(22-26(3)4)50-38(62)30(18-12-20-46-42(44)52-56(67)68)48-36(60)28-15-9-6-10-16-28/h5-10,13-16,25-26,29-32H,11-12,17-24H2,1-4H3,(H,47,59)(H,48,60)(H,49,61)(H,50,62)(H3,43,45,51)(H3,44,46,52)/t29-,30-,31-,32-/m0/s1. The van der Waals surface area contributed by atoms with E-state index >= 15 is 0 Å². The first-order valence-electron chi connectivity index (χ1n) is 21.6. The van der Waals surface area contributed by atoms with E-state index in [0.717, 1.165) is 0 Å². The van der Waals surface area contributed by atoms with Crippen LogP contribution in [-0.2, 0) is 28.8 Å². The molecule has 3 rings (SSSR count). The first kappa shape index (κ1) is 54.3. The Bertz CT molecular complexity index is 2050. The number of nitrogens with zero attached hydrogens (tertiary/aromatic N) is 6. The van der Waals surface area contributed by atoms with E-state index in [1.165, 1.54) is 24.3 Å². The highest BCUT2D eigenvalue weighted by molar-refractivity contribution is 6.11. The van der Waals surface area contributed by atoms with Crippen LogP contribution in [0.5, 0.6) is 0 Å². The van der Waals surface area contributed by atoms with Crippen LogP contribution in [0.15, 0.2) is 70.6 Å². The number of carbonyl (C=O) groups is 8. The second-order valence-corrected chi connectivity index (χ2v) is 16.4. The monoisotopic (exact) mass is 950 g/mol. The number of nitrogens with two attached hydrogens (primary N) is 2. The Labute approximate surface area is 390 Å². The van der Waals surface area contributed by atoms with Crippen molar-refractivity contribution in [3.05, 3.63) is 92.0 Å². The fourth-order valence-corrected chi connectivity index (χ4v) is 6.77. The van der Waals surface area contributed by atoms with Crippen molar-refractivity contribution in [1.29, 1.82) is 0 Å². The van der Waals surface area contributed by atoms with Crippen LogP contribution in [0, 0.1) is 32.1 Å². The SMILES string of the molecule is CC(C)C[C@H](NC(=O)[C@H](CCCN=C(N)N[N+](=O)[O-])NC(=O)c1ccccc1)C(=O)N1CC(=O)N(C(=O)[C@H](CC(C)C)NC(=O)[C@H](CCCN=C(N)N[N+](=O)[O-])NC(=O)c2ccccc2)CC1=O. The van der Waals surface area contributed by atoms with Gasteiger partial charge in [-0.25, -0.2) is 30.2 Å². The summed E-state index contributed by atoms with van der Waals surface area (Å²) in [6, 6.07) is 10.5. The second kappa shape index (κ2) is 26.8. The lowest BCUT2D eigenvalue weighted by atomic mass is 10.00. The van der Waals surface area contributed by atoms with Crippen LogP contribution in [0.2, 0.25) is 0 Å².